The topological polar surface area (TPSA) is 59.0 Å². The molecule has 1 fully saturated rings. The maximum absolute atomic E-state index is 12.4. The van der Waals surface area contributed by atoms with E-state index >= 15 is 0 Å². The molecular weight excluding hydrogens is 384 g/mol. The van der Waals surface area contributed by atoms with Crippen LogP contribution in [0.2, 0.25) is 0 Å². The molecule has 1 aliphatic rings. The average Bonchev–Trinajstić information content (AvgIpc) is 3.26. The van der Waals surface area contributed by atoms with Gasteiger partial charge in [-0.25, -0.2) is 0 Å². The van der Waals surface area contributed by atoms with Gasteiger partial charge in [0.15, 0.2) is 0 Å². The molecule has 1 amide bonds. The van der Waals surface area contributed by atoms with Gasteiger partial charge < -0.3 is 10.6 Å². The minimum absolute atomic E-state index is 0. The van der Waals surface area contributed by atoms with Crippen LogP contribution in [0.3, 0.4) is 0 Å². The molecule has 1 unspecified atom stereocenters. The summed E-state index contributed by atoms with van der Waals surface area (Å²) in [5.74, 6) is 0.101. The molecule has 0 spiro atoms. The molecule has 6 heteroatoms. The third-order valence-electron chi connectivity index (χ3n) is 5.27. The minimum atomic E-state index is -0.0532. The van der Waals surface area contributed by atoms with Crippen molar-refractivity contribution in [2.24, 2.45) is 0 Å². The van der Waals surface area contributed by atoms with Crippen LogP contribution in [-0.2, 0) is 17.9 Å². The van der Waals surface area contributed by atoms with E-state index in [0.717, 1.165) is 49.0 Å². The summed E-state index contributed by atoms with van der Waals surface area (Å²) >= 11 is 0. The van der Waals surface area contributed by atoms with E-state index in [0.29, 0.717) is 6.54 Å². The fourth-order valence-electron chi connectivity index (χ4n) is 3.71. The molecule has 2 aromatic carbocycles. The molecule has 0 bridgehead atoms. The first-order chi connectivity index (χ1) is 13.8. The molecule has 3 aromatic rings. The summed E-state index contributed by atoms with van der Waals surface area (Å²) < 4.78 is 1.91. The van der Waals surface area contributed by atoms with Crippen molar-refractivity contribution in [1.29, 1.82) is 0 Å². The van der Waals surface area contributed by atoms with E-state index in [9.17, 15) is 4.79 Å². The molecule has 2 N–H and O–H groups in total. The maximum Gasteiger partial charge on any atom is 0.237 e. The quantitative estimate of drug-likeness (QED) is 0.650. The van der Waals surface area contributed by atoms with Crippen LogP contribution in [0.5, 0.6) is 0 Å². The first kappa shape index (κ1) is 21.1. The smallest absolute Gasteiger partial charge is 0.237 e. The van der Waals surface area contributed by atoms with Crippen LogP contribution >= 0.6 is 12.4 Å². The molecule has 1 aromatic heterocycles. The van der Waals surface area contributed by atoms with Crippen molar-refractivity contribution >= 4 is 18.3 Å². The van der Waals surface area contributed by atoms with Crippen LogP contribution in [0.1, 0.15) is 30.4 Å². The predicted molar refractivity (Wildman–Crippen MR) is 118 cm³/mol. The Labute approximate surface area is 177 Å². The third kappa shape index (κ3) is 5.46. The zero-order valence-corrected chi connectivity index (χ0v) is 17.2. The number of nitrogens with zero attached hydrogens (tertiary/aromatic N) is 2. The highest BCUT2D eigenvalue weighted by molar-refractivity contribution is 5.85. The highest BCUT2D eigenvalue weighted by Crippen LogP contribution is 2.24. The van der Waals surface area contributed by atoms with Crippen molar-refractivity contribution in [2.75, 3.05) is 6.54 Å². The monoisotopic (exact) mass is 410 g/mol. The van der Waals surface area contributed by atoms with Gasteiger partial charge in [-0.1, -0.05) is 55.0 Å². The van der Waals surface area contributed by atoms with Crippen molar-refractivity contribution < 1.29 is 4.79 Å². The molecule has 2 heterocycles. The number of hydrogen-bond donors (Lipinski definition) is 2. The van der Waals surface area contributed by atoms with Crippen molar-refractivity contribution in [1.82, 2.24) is 20.4 Å². The van der Waals surface area contributed by atoms with E-state index < -0.39 is 0 Å². The standard InChI is InChI=1S/C23H26N4O.ClH/c28-23(22-8-3-4-13-24-22)25-16-20-6-1-2-7-21(20)19-11-9-18(10-12-19)17-27-15-5-14-26-27;/h1-2,5-7,9-12,14-15,22,24H,3-4,8,13,16-17H2,(H,25,28);1H. The second kappa shape index (κ2) is 10.2. The van der Waals surface area contributed by atoms with Crippen molar-refractivity contribution in [2.45, 2.75) is 38.4 Å². The Morgan fingerprint density at radius 1 is 1.10 bits per heavy atom. The lowest BCUT2D eigenvalue weighted by Crippen LogP contribution is -2.46. The van der Waals surface area contributed by atoms with Crippen molar-refractivity contribution in [3.05, 3.63) is 78.1 Å². The van der Waals surface area contributed by atoms with Crippen LogP contribution < -0.4 is 10.6 Å². The summed E-state index contributed by atoms with van der Waals surface area (Å²) in [4.78, 5) is 12.4. The number of carbonyl (C=O) groups excluding carboxylic acids is 1. The molecule has 0 radical (unpaired) electrons. The summed E-state index contributed by atoms with van der Waals surface area (Å²) in [7, 11) is 0. The zero-order chi connectivity index (χ0) is 19.2. The Morgan fingerprint density at radius 2 is 1.93 bits per heavy atom. The van der Waals surface area contributed by atoms with Gasteiger partial charge in [0.1, 0.15) is 0 Å². The predicted octanol–water partition coefficient (Wildman–Crippen LogP) is 3.78. The Hall–Kier alpha value is -2.63. The lowest BCUT2D eigenvalue weighted by molar-refractivity contribution is -0.123. The van der Waals surface area contributed by atoms with Crippen molar-refractivity contribution in [3.63, 3.8) is 0 Å². The van der Waals surface area contributed by atoms with Crippen LogP contribution in [0.4, 0.5) is 0 Å². The first-order valence-electron chi connectivity index (χ1n) is 9.95. The first-order valence-corrected chi connectivity index (χ1v) is 9.95. The SMILES string of the molecule is Cl.O=C(NCc1ccccc1-c1ccc(Cn2cccn2)cc1)C1CCCCN1. The molecule has 1 saturated heterocycles. The molecule has 0 aliphatic carbocycles. The van der Waals surface area contributed by atoms with E-state index in [2.05, 4.69) is 52.1 Å². The van der Waals surface area contributed by atoms with Gasteiger partial charge in [-0.2, -0.15) is 5.10 Å². The second-order valence-corrected chi connectivity index (χ2v) is 7.28. The molecule has 1 atom stereocenters. The van der Waals surface area contributed by atoms with E-state index in [1.807, 2.05) is 29.1 Å². The Morgan fingerprint density at radius 3 is 2.66 bits per heavy atom. The zero-order valence-electron chi connectivity index (χ0n) is 16.4. The van der Waals surface area contributed by atoms with Gasteiger partial charge in [-0.3, -0.25) is 9.48 Å². The van der Waals surface area contributed by atoms with Gasteiger partial charge in [-0.15, -0.1) is 12.4 Å². The highest BCUT2D eigenvalue weighted by Gasteiger charge is 2.20. The second-order valence-electron chi connectivity index (χ2n) is 7.28. The number of aromatic nitrogens is 2. The highest BCUT2D eigenvalue weighted by atomic mass is 35.5. The normalized spacial score (nSPS) is 16.1. The lowest BCUT2D eigenvalue weighted by Gasteiger charge is -2.22. The summed E-state index contributed by atoms with van der Waals surface area (Å²) in [6.45, 7) is 2.24. The van der Waals surface area contributed by atoms with Crippen LogP contribution in [-0.4, -0.2) is 28.3 Å². The van der Waals surface area contributed by atoms with E-state index in [1.165, 1.54) is 5.56 Å². The lowest BCUT2D eigenvalue weighted by atomic mass is 9.98. The van der Waals surface area contributed by atoms with Gasteiger partial charge in [0.2, 0.25) is 5.91 Å². The van der Waals surface area contributed by atoms with E-state index in [1.54, 1.807) is 6.20 Å². The Balaban J connectivity index is 0.00000240. The summed E-state index contributed by atoms with van der Waals surface area (Å²) in [6.07, 6.45) is 6.95. The van der Waals surface area contributed by atoms with E-state index in [-0.39, 0.29) is 24.4 Å². The third-order valence-corrected chi connectivity index (χ3v) is 5.27. The number of piperidine rings is 1. The van der Waals surface area contributed by atoms with Crippen LogP contribution in [0.25, 0.3) is 11.1 Å². The molecule has 29 heavy (non-hydrogen) atoms. The van der Waals surface area contributed by atoms with Crippen LogP contribution in [0, 0.1) is 0 Å². The summed E-state index contributed by atoms with van der Waals surface area (Å²) in [6, 6.07) is 18.7. The summed E-state index contributed by atoms with van der Waals surface area (Å²) in [5.41, 5.74) is 4.66. The molecule has 5 nitrogen and oxygen atoms in total. The van der Waals surface area contributed by atoms with Gasteiger partial charge in [0.25, 0.3) is 0 Å². The minimum Gasteiger partial charge on any atom is -0.351 e. The Bertz CT molecular complexity index is 903. The van der Waals surface area contributed by atoms with Crippen molar-refractivity contribution in [3.8, 4) is 11.1 Å². The largest absolute Gasteiger partial charge is 0.351 e. The average molecular weight is 411 g/mol. The fraction of sp³-hybridized carbons (Fsp3) is 0.304. The molecule has 1 aliphatic heterocycles. The van der Waals surface area contributed by atoms with Gasteiger partial charge in [0, 0.05) is 18.9 Å². The number of rotatable bonds is 6. The summed E-state index contributed by atoms with van der Waals surface area (Å²) in [5, 5.41) is 10.7. The number of nitrogens with one attached hydrogen (secondary N) is 2. The molecule has 152 valence electrons. The van der Waals surface area contributed by atoms with Gasteiger partial charge in [-0.05, 0) is 47.7 Å². The van der Waals surface area contributed by atoms with Gasteiger partial charge in [0.05, 0.1) is 12.6 Å². The molecular formula is C23H27ClN4O. The number of carbonyl (C=O) groups is 1. The van der Waals surface area contributed by atoms with Crippen LogP contribution in [0.15, 0.2) is 67.0 Å². The van der Waals surface area contributed by atoms with E-state index in [4.69, 9.17) is 0 Å². The fourth-order valence-corrected chi connectivity index (χ4v) is 3.71. The number of amides is 1. The number of hydrogen-bond acceptors (Lipinski definition) is 3. The number of benzene rings is 2. The molecule has 4 rings (SSSR count). The number of halogens is 1. The Kier molecular flexibility index (Phi) is 7.44. The van der Waals surface area contributed by atoms with Gasteiger partial charge >= 0.3 is 0 Å². The maximum atomic E-state index is 12.4. The molecule has 0 saturated carbocycles.